The van der Waals surface area contributed by atoms with Crippen LogP contribution in [0.25, 0.3) is 0 Å². The lowest BCUT2D eigenvalue weighted by Crippen LogP contribution is -2.34. The highest BCUT2D eigenvalue weighted by Crippen LogP contribution is 2.27. The second-order valence-corrected chi connectivity index (χ2v) is 6.03. The molecule has 1 heterocycles. The lowest BCUT2D eigenvalue weighted by molar-refractivity contribution is -0.0540. The number of methoxy groups -OCH3 is 1. The van der Waals surface area contributed by atoms with Gasteiger partial charge < -0.3 is 25.0 Å². The van der Waals surface area contributed by atoms with E-state index < -0.39 is 18.2 Å². The molecule has 2 atom stereocenters. The summed E-state index contributed by atoms with van der Waals surface area (Å²) < 4.78 is 9.82. The second kappa shape index (κ2) is 9.49. The first-order valence-corrected chi connectivity index (χ1v) is 8.31. The number of nitrogens with zero attached hydrogens (tertiary/aromatic N) is 1. The number of rotatable bonds is 8. The van der Waals surface area contributed by atoms with Gasteiger partial charge in [-0.05, 0) is 36.8 Å². The highest BCUT2D eigenvalue weighted by Gasteiger charge is 2.20. The molecule has 2 rings (SSSR count). The van der Waals surface area contributed by atoms with Crippen molar-refractivity contribution in [3.8, 4) is 0 Å². The van der Waals surface area contributed by atoms with Crippen LogP contribution in [0.5, 0.6) is 0 Å². The van der Waals surface area contributed by atoms with E-state index >= 15 is 0 Å². The third-order valence-corrected chi connectivity index (χ3v) is 4.12. The number of esters is 1. The fourth-order valence-corrected chi connectivity index (χ4v) is 2.35. The smallest absolute Gasteiger partial charge is 0.342 e. The maximum atomic E-state index is 12.3. The largest absolute Gasteiger partial charge is 0.459 e. The Morgan fingerprint density at radius 3 is 2.69 bits per heavy atom. The Morgan fingerprint density at radius 1 is 1.23 bits per heavy atom. The molecule has 0 spiro atoms. The Labute approximate surface area is 156 Å². The van der Waals surface area contributed by atoms with E-state index in [1.807, 2.05) is 13.0 Å². The van der Waals surface area contributed by atoms with Gasteiger partial charge in [-0.1, -0.05) is 17.7 Å². The number of carbonyl (C=O) groups is 1. The molecule has 0 aliphatic carbocycles. The van der Waals surface area contributed by atoms with Crippen LogP contribution < -0.4 is 5.32 Å². The molecule has 2 aromatic rings. The molecule has 0 aliphatic rings. The zero-order valence-electron chi connectivity index (χ0n) is 14.5. The van der Waals surface area contributed by atoms with Crippen LogP contribution in [-0.2, 0) is 9.47 Å². The van der Waals surface area contributed by atoms with Gasteiger partial charge in [0, 0.05) is 24.0 Å². The Hall–Kier alpha value is -2.19. The van der Waals surface area contributed by atoms with Crippen LogP contribution in [0, 0.1) is 6.92 Å². The van der Waals surface area contributed by atoms with Crippen molar-refractivity contribution in [3.05, 3.63) is 52.7 Å². The van der Waals surface area contributed by atoms with Crippen LogP contribution in [0.1, 0.15) is 15.9 Å². The molecule has 0 fully saturated rings. The Balaban J connectivity index is 2.10. The molecule has 8 heteroatoms. The fourth-order valence-electron chi connectivity index (χ4n) is 2.17. The molecule has 2 unspecified atom stereocenters. The second-order valence-electron chi connectivity index (χ2n) is 5.63. The van der Waals surface area contributed by atoms with E-state index in [0.29, 0.717) is 16.5 Å². The van der Waals surface area contributed by atoms with E-state index in [9.17, 15) is 15.0 Å². The van der Waals surface area contributed by atoms with Gasteiger partial charge in [-0.3, -0.25) is 0 Å². The number of aliphatic hydroxyl groups is 2. The molecular formula is C18H21ClN2O5. The third-order valence-electron chi connectivity index (χ3n) is 3.72. The first kappa shape index (κ1) is 20.1. The van der Waals surface area contributed by atoms with E-state index in [1.54, 1.807) is 24.3 Å². The number of aromatic nitrogens is 1. The monoisotopic (exact) mass is 380 g/mol. The Bertz CT molecular complexity index is 756. The van der Waals surface area contributed by atoms with E-state index in [2.05, 4.69) is 10.3 Å². The standard InChI is InChI=1S/C18H21ClN2O5/c1-11-13(19)6-3-7-14(11)21-17-12(5-4-8-20-17)18(24)26-10-16(23)15(22)9-25-2/h3-8,15-16,22-23H,9-10H2,1-2H3,(H,20,21). The number of hydrogen-bond donors (Lipinski definition) is 3. The predicted molar refractivity (Wildman–Crippen MR) is 97.9 cm³/mol. The van der Waals surface area contributed by atoms with Gasteiger partial charge in [0.15, 0.2) is 0 Å². The number of benzene rings is 1. The summed E-state index contributed by atoms with van der Waals surface area (Å²) >= 11 is 6.11. The average molecular weight is 381 g/mol. The molecule has 0 saturated heterocycles. The molecule has 0 amide bonds. The summed E-state index contributed by atoms with van der Waals surface area (Å²) in [7, 11) is 1.40. The van der Waals surface area contributed by atoms with Crippen molar-refractivity contribution < 1.29 is 24.5 Å². The van der Waals surface area contributed by atoms with E-state index in [0.717, 1.165) is 5.56 Å². The van der Waals surface area contributed by atoms with Gasteiger partial charge in [-0.15, -0.1) is 0 Å². The molecular weight excluding hydrogens is 360 g/mol. The molecule has 0 radical (unpaired) electrons. The van der Waals surface area contributed by atoms with Crippen molar-refractivity contribution in [3.63, 3.8) is 0 Å². The number of hydrogen-bond acceptors (Lipinski definition) is 7. The topological polar surface area (TPSA) is 101 Å². The van der Waals surface area contributed by atoms with Crippen molar-refractivity contribution in [2.45, 2.75) is 19.1 Å². The molecule has 0 aliphatic heterocycles. The average Bonchev–Trinajstić information content (AvgIpc) is 2.64. The normalized spacial score (nSPS) is 13.1. The maximum absolute atomic E-state index is 12.3. The summed E-state index contributed by atoms with van der Waals surface area (Å²) in [6.07, 6.45) is -0.855. The van der Waals surface area contributed by atoms with Crippen LogP contribution in [-0.4, -0.2) is 53.7 Å². The molecule has 7 nitrogen and oxygen atoms in total. The van der Waals surface area contributed by atoms with Crippen LogP contribution in [0.2, 0.25) is 5.02 Å². The minimum atomic E-state index is -1.25. The highest BCUT2D eigenvalue weighted by atomic mass is 35.5. The lowest BCUT2D eigenvalue weighted by Gasteiger charge is -2.17. The highest BCUT2D eigenvalue weighted by molar-refractivity contribution is 6.31. The SMILES string of the molecule is COCC(O)C(O)COC(=O)c1cccnc1Nc1cccc(Cl)c1C. The first-order valence-electron chi connectivity index (χ1n) is 7.93. The van der Waals surface area contributed by atoms with Gasteiger partial charge in [0.1, 0.15) is 30.2 Å². The molecule has 0 bridgehead atoms. The summed E-state index contributed by atoms with van der Waals surface area (Å²) in [4.78, 5) is 16.5. The van der Waals surface area contributed by atoms with Crippen molar-refractivity contribution in [2.24, 2.45) is 0 Å². The van der Waals surface area contributed by atoms with Crippen LogP contribution in [0.15, 0.2) is 36.5 Å². The number of pyridine rings is 1. The third kappa shape index (κ3) is 5.15. The van der Waals surface area contributed by atoms with Gasteiger partial charge in [0.25, 0.3) is 0 Å². The van der Waals surface area contributed by atoms with E-state index in [4.69, 9.17) is 21.1 Å². The van der Waals surface area contributed by atoms with E-state index in [-0.39, 0.29) is 18.8 Å². The molecule has 0 saturated carbocycles. The Kier molecular flexibility index (Phi) is 7.35. The molecule has 26 heavy (non-hydrogen) atoms. The zero-order valence-corrected chi connectivity index (χ0v) is 15.2. The molecule has 3 N–H and O–H groups in total. The summed E-state index contributed by atoms with van der Waals surface area (Å²) in [5.74, 6) is -0.376. The number of nitrogens with one attached hydrogen (secondary N) is 1. The fraction of sp³-hybridized carbons (Fsp3) is 0.333. The lowest BCUT2D eigenvalue weighted by atomic mass is 10.2. The summed E-state index contributed by atoms with van der Waals surface area (Å²) in [6, 6.07) is 8.52. The van der Waals surface area contributed by atoms with Gasteiger partial charge in [0.2, 0.25) is 0 Å². The number of aliphatic hydroxyl groups excluding tert-OH is 2. The van der Waals surface area contributed by atoms with Crippen LogP contribution in [0.4, 0.5) is 11.5 Å². The number of carbonyl (C=O) groups excluding carboxylic acids is 1. The predicted octanol–water partition coefficient (Wildman–Crippen LogP) is 2.31. The van der Waals surface area contributed by atoms with Crippen LogP contribution in [0.3, 0.4) is 0 Å². The summed E-state index contributed by atoms with van der Waals surface area (Å²) in [6.45, 7) is 1.42. The van der Waals surface area contributed by atoms with Crippen molar-refractivity contribution in [1.29, 1.82) is 0 Å². The quantitative estimate of drug-likeness (QED) is 0.604. The zero-order chi connectivity index (χ0) is 19.1. The summed E-state index contributed by atoms with van der Waals surface area (Å²) in [5, 5.41) is 23.0. The van der Waals surface area contributed by atoms with Gasteiger partial charge in [-0.2, -0.15) is 0 Å². The molecule has 1 aromatic carbocycles. The number of ether oxygens (including phenoxy) is 2. The first-order chi connectivity index (χ1) is 12.4. The molecule has 1 aromatic heterocycles. The van der Waals surface area contributed by atoms with Crippen molar-refractivity contribution in [2.75, 3.05) is 25.6 Å². The van der Waals surface area contributed by atoms with E-state index in [1.165, 1.54) is 13.3 Å². The van der Waals surface area contributed by atoms with Gasteiger partial charge in [0.05, 0.1) is 6.61 Å². The van der Waals surface area contributed by atoms with Crippen LogP contribution >= 0.6 is 11.6 Å². The van der Waals surface area contributed by atoms with Crippen molar-refractivity contribution >= 4 is 29.1 Å². The minimum absolute atomic E-state index is 0.0630. The Morgan fingerprint density at radius 2 is 1.96 bits per heavy atom. The maximum Gasteiger partial charge on any atom is 0.342 e. The number of anilines is 2. The summed E-state index contributed by atoms with van der Waals surface area (Å²) in [5.41, 5.74) is 1.72. The van der Waals surface area contributed by atoms with Gasteiger partial charge in [-0.25, -0.2) is 9.78 Å². The molecule has 140 valence electrons. The van der Waals surface area contributed by atoms with Crippen molar-refractivity contribution in [1.82, 2.24) is 4.98 Å². The number of halogens is 1. The minimum Gasteiger partial charge on any atom is -0.459 e. The van der Waals surface area contributed by atoms with Gasteiger partial charge >= 0.3 is 5.97 Å².